The molecular formula is C21H30N2O3. The number of likely N-dealkylation sites (tertiary alicyclic amines) is 2. The van der Waals surface area contributed by atoms with E-state index in [4.69, 9.17) is 9.47 Å². The zero-order valence-corrected chi connectivity index (χ0v) is 15.9. The minimum absolute atomic E-state index is 0.110. The van der Waals surface area contributed by atoms with Crippen molar-refractivity contribution in [3.63, 3.8) is 0 Å². The Morgan fingerprint density at radius 1 is 1.08 bits per heavy atom. The Morgan fingerprint density at radius 3 is 2.58 bits per heavy atom. The quantitative estimate of drug-likeness (QED) is 0.733. The summed E-state index contributed by atoms with van der Waals surface area (Å²) in [5.41, 5.74) is 0.933. The van der Waals surface area contributed by atoms with Crippen LogP contribution in [0.1, 0.15) is 37.7 Å². The van der Waals surface area contributed by atoms with Crippen molar-refractivity contribution >= 4 is 12.0 Å². The van der Waals surface area contributed by atoms with Crippen LogP contribution in [0.5, 0.6) is 11.5 Å². The molecule has 5 nitrogen and oxygen atoms in total. The highest BCUT2D eigenvalue weighted by Gasteiger charge is 2.29. The summed E-state index contributed by atoms with van der Waals surface area (Å²) in [5.74, 6) is 1.47. The highest BCUT2D eigenvalue weighted by molar-refractivity contribution is 5.92. The van der Waals surface area contributed by atoms with Gasteiger partial charge in [0, 0.05) is 25.2 Å². The summed E-state index contributed by atoms with van der Waals surface area (Å²) in [5, 5.41) is 0. The molecule has 2 saturated heterocycles. The van der Waals surface area contributed by atoms with Gasteiger partial charge in [-0.05, 0) is 62.5 Å². The van der Waals surface area contributed by atoms with Crippen LogP contribution in [0.25, 0.3) is 6.08 Å². The normalized spacial score (nSPS) is 21.3. The van der Waals surface area contributed by atoms with Crippen molar-refractivity contribution in [1.82, 2.24) is 9.80 Å². The maximum absolute atomic E-state index is 12.7. The molecular weight excluding hydrogens is 328 g/mol. The van der Waals surface area contributed by atoms with Crippen LogP contribution in [0.15, 0.2) is 24.3 Å². The van der Waals surface area contributed by atoms with Gasteiger partial charge in [-0.3, -0.25) is 4.79 Å². The van der Waals surface area contributed by atoms with Crippen LogP contribution < -0.4 is 9.47 Å². The number of carbonyl (C=O) groups is 1. The molecule has 142 valence electrons. The van der Waals surface area contributed by atoms with E-state index >= 15 is 0 Å². The average Bonchev–Trinajstić information content (AvgIpc) is 3.14. The van der Waals surface area contributed by atoms with Crippen LogP contribution in [-0.4, -0.2) is 62.1 Å². The van der Waals surface area contributed by atoms with Gasteiger partial charge in [-0.1, -0.05) is 12.5 Å². The van der Waals surface area contributed by atoms with E-state index in [1.807, 2.05) is 29.2 Å². The molecule has 26 heavy (non-hydrogen) atoms. The van der Waals surface area contributed by atoms with Crippen molar-refractivity contribution in [3.05, 3.63) is 29.8 Å². The maximum Gasteiger partial charge on any atom is 0.246 e. The van der Waals surface area contributed by atoms with Crippen LogP contribution in [0.4, 0.5) is 0 Å². The van der Waals surface area contributed by atoms with Crippen LogP contribution in [0, 0.1) is 0 Å². The lowest BCUT2D eigenvalue weighted by molar-refractivity contribution is -0.127. The molecule has 0 spiro atoms. The van der Waals surface area contributed by atoms with Gasteiger partial charge < -0.3 is 19.3 Å². The number of amides is 1. The number of methoxy groups -OCH3 is 2. The molecule has 1 aromatic carbocycles. The number of piperidine rings is 1. The van der Waals surface area contributed by atoms with Crippen molar-refractivity contribution < 1.29 is 14.3 Å². The topological polar surface area (TPSA) is 42.0 Å². The Kier molecular flexibility index (Phi) is 6.56. The second kappa shape index (κ2) is 9.08. The van der Waals surface area contributed by atoms with Crippen LogP contribution in [0.2, 0.25) is 0 Å². The Morgan fingerprint density at radius 2 is 1.85 bits per heavy atom. The van der Waals surface area contributed by atoms with Gasteiger partial charge in [-0.15, -0.1) is 0 Å². The van der Waals surface area contributed by atoms with Gasteiger partial charge >= 0.3 is 0 Å². The summed E-state index contributed by atoms with van der Waals surface area (Å²) in [7, 11) is 3.23. The van der Waals surface area contributed by atoms with E-state index in [2.05, 4.69) is 4.90 Å². The van der Waals surface area contributed by atoms with Crippen LogP contribution >= 0.6 is 0 Å². The summed E-state index contributed by atoms with van der Waals surface area (Å²) < 4.78 is 10.6. The number of nitrogens with zero attached hydrogens (tertiary/aromatic N) is 2. The lowest BCUT2D eigenvalue weighted by Gasteiger charge is -2.32. The molecule has 3 rings (SSSR count). The molecule has 2 heterocycles. The van der Waals surface area contributed by atoms with Crippen molar-refractivity contribution in [1.29, 1.82) is 0 Å². The number of ether oxygens (including phenoxy) is 2. The lowest BCUT2D eigenvalue weighted by atomic mass is 10.1. The number of benzene rings is 1. The third-order valence-electron chi connectivity index (χ3n) is 5.40. The van der Waals surface area contributed by atoms with E-state index < -0.39 is 0 Å². The van der Waals surface area contributed by atoms with E-state index in [0.29, 0.717) is 17.5 Å². The average molecular weight is 358 g/mol. The summed E-state index contributed by atoms with van der Waals surface area (Å²) in [6.07, 6.45) is 9.70. The SMILES string of the molecule is COc1ccc(C=CC(=O)N2CCCC2CN2CCCCC2)cc1OC. The number of carbonyl (C=O) groups excluding carboxylic acids is 1. The Hall–Kier alpha value is -2.01. The van der Waals surface area contributed by atoms with Gasteiger partial charge in [0.05, 0.1) is 14.2 Å². The van der Waals surface area contributed by atoms with Gasteiger partial charge in [0.2, 0.25) is 5.91 Å². The zero-order chi connectivity index (χ0) is 18.4. The van der Waals surface area contributed by atoms with E-state index in [0.717, 1.165) is 31.5 Å². The van der Waals surface area contributed by atoms with Crippen molar-refractivity contribution in [2.75, 3.05) is 40.4 Å². The fourth-order valence-electron chi connectivity index (χ4n) is 3.98. The zero-order valence-electron chi connectivity index (χ0n) is 15.9. The van der Waals surface area contributed by atoms with Gasteiger partial charge in [0.15, 0.2) is 11.5 Å². The van der Waals surface area contributed by atoms with Crippen molar-refractivity contribution in [2.45, 2.75) is 38.1 Å². The minimum Gasteiger partial charge on any atom is -0.493 e. The monoisotopic (exact) mass is 358 g/mol. The molecule has 1 aromatic rings. The fourth-order valence-corrected chi connectivity index (χ4v) is 3.98. The molecule has 1 atom stereocenters. The minimum atomic E-state index is 0.110. The first-order valence-electron chi connectivity index (χ1n) is 9.64. The Labute approximate surface area is 156 Å². The lowest BCUT2D eigenvalue weighted by Crippen LogP contribution is -2.44. The number of hydrogen-bond donors (Lipinski definition) is 0. The largest absolute Gasteiger partial charge is 0.493 e. The molecule has 5 heteroatoms. The number of hydrogen-bond acceptors (Lipinski definition) is 4. The second-order valence-electron chi connectivity index (χ2n) is 7.14. The second-order valence-corrected chi connectivity index (χ2v) is 7.14. The first kappa shape index (κ1) is 18.8. The Bertz CT molecular complexity index is 638. The van der Waals surface area contributed by atoms with Gasteiger partial charge in [0.25, 0.3) is 0 Å². The maximum atomic E-state index is 12.7. The van der Waals surface area contributed by atoms with Crippen molar-refractivity contribution in [2.24, 2.45) is 0 Å². The molecule has 0 aliphatic carbocycles. The molecule has 2 aliphatic heterocycles. The van der Waals surface area contributed by atoms with Gasteiger partial charge in [0.1, 0.15) is 0 Å². The van der Waals surface area contributed by atoms with Crippen molar-refractivity contribution in [3.8, 4) is 11.5 Å². The number of rotatable bonds is 6. The Balaban J connectivity index is 1.61. The third kappa shape index (κ3) is 4.58. The molecule has 0 aromatic heterocycles. The van der Waals surface area contributed by atoms with E-state index in [-0.39, 0.29) is 5.91 Å². The van der Waals surface area contributed by atoms with E-state index in [1.165, 1.54) is 32.4 Å². The van der Waals surface area contributed by atoms with E-state index in [9.17, 15) is 4.79 Å². The van der Waals surface area contributed by atoms with Crippen LogP contribution in [-0.2, 0) is 4.79 Å². The molecule has 0 bridgehead atoms. The summed E-state index contributed by atoms with van der Waals surface area (Å²) in [6.45, 7) is 4.25. The third-order valence-corrected chi connectivity index (χ3v) is 5.40. The molecule has 1 unspecified atom stereocenters. The highest BCUT2D eigenvalue weighted by Crippen LogP contribution is 2.28. The van der Waals surface area contributed by atoms with E-state index in [1.54, 1.807) is 20.3 Å². The molecule has 2 fully saturated rings. The van der Waals surface area contributed by atoms with Gasteiger partial charge in [-0.25, -0.2) is 0 Å². The van der Waals surface area contributed by atoms with Crippen LogP contribution in [0.3, 0.4) is 0 Å². The first-order chi connectivity index (χ1) is 12.7. The fraction of sp³-hybridized carbons (Fsp3) is 0.571. The molecule has 2 aliphatic rings. The standard InChI is InChI=1S/C21H30N2O3/c1-25-19-10-8-17(15-20(19)26-2)9-11-21(24)23-14-6-7-18(23)16-22-12-4-3-5-13-22/h8-11,15,18H,3-7,12-14,16H2,1-2H3. The van der Waals surface area contributed by atoms with Gasteiger partial charge in [-0.2, -0.15) is 0 Å². The smallest absolute Gasteiger partial charge is 0.246 e. The molecule has 1 amide bonds. The predicted molar refractivity (Wildman–Crippen MR) is 104 cm³/mol. The molecule has 0 saturated carbocycles. The highest BCUT2D eigenvalue weighted by atomic mass is 16.5. The molecule has 0 N–H and O–H groups in total. The predicted octanol–water partition coefficient (Wildman–Crippen LogP) is 3.19. The summed E-state index contributed by atoms with van der Waals surface area (Å²) in [6, 6.07) is 6.03. The summed E-state index contributed by atoms with van der Waals surface area (Å²) in [4.78, 5) is 17.3. The molecule has 0 radical (unpaired) electrons. The summed E-state index contributed by atoms with van der Waals surface area (Å²) >= 11 is 0. The first-order valence-corrected chi connectivity index (χ1v) is 9.64.